The zero-order valence-electron chi connectivity index (χ0n) is 38.6. The third kappa shape index (κ3) is 21.2. The number of halogens is 5. The Kier molecular flexibility index (Phi) is 24.6. The summed E-state index contributed by atoms with van der Waals surface area (Å²) < 4.78 is 20.3. The summed E-state index contributed by atoms with van der Waals surface area (Å²) in [7, 11) is 0. The minimum absolute atomic E-state index is 0.0751. The third-order valence-electron chi connectivity index (χ3n) is 9.14. The van der Waals surface area contributed by atoms with Crippen LogP contribution in [0.4, 0.5) is 28.4 Å². The van der Waals surface area contributed by atoms with Crippen LogP contribution in [0.25, 0.3) is 0 Å². The maximum absolute atomic E-state index is 10.7. The first-order valence-electron chi connectivity index (χ1n) is 21.7. The van der Waals surface area contributed by atoms with Gasteiger partial charge in [-0.05, 0) is 139 Å². The largest absolute Gasteiger partial charge is 0.472 e. The first-order valence-corrected chi connectivity index (χ1v) is 25.9. The minimum atomic E-state index is -0.583. The number of ether oxygens (including phenoxy) is 3. The van der Waals surface area contributed by atoms with Crippen molar-refractivity contribution in [3.63, 3.8) is 0 Å². The van der Waals surface area contributed by atoms with Crippen molar-refractivity contribution in [1.82, 2.24) is 19.9 Å². The summed E-state index contributed by atoms with van der Waals surface area (Å²) in [5.41, 5.74) is 10.8. The van der Waals surface area contributed by atoms with Gasteiger partial charge in [0, 0.05) is 21.4 Å². The van der Waals surface area contributed by atoms with E-state index in [-0.39, 0.29) is 21.4 Å². The Morgan fingerprint density at radius 3 is 1.30 bits per heavy atom. The molecule has 74 heavy (non-hydrogen) atoms. The number of benzene rings is 5. The number of hydrogen-bond acceptors (Lipinski definition) is 13. The van der Waals surface area contributed by atoms with Crippen LogP contribution >= 0.6 is 86.3 Å². The molecule has 0 radical (unpaired) electrons. The van der Waals surface area contributed by atoms with Crippen molar-refractivity contribution in [3.8, 4) is 17.6 Å². The van der Waals surface area contributed by atoms with Gasteiger partial charge in [0.25, 0.3) is 16.9 Å². The Hall–Kier alpha value is -7.05. The van der Waals surface area contributed by atoms with Crippen molar-refractivity contribution in [2.45, 2.75) is 19.8 Å². The summed E-state index contributed by atoms with van der Waals surface area (Å²) in [5, 5.41) is 24.0. The monoisotopic (exact) mass is 1360 g/mol. The van der Waals surface area contributed by atoms with Crippen molar-refractivity contribution in [3.05, 3.63) is 269 Å². The molecule has 0 atom stereocenters. The predicted octanol–water partition coefficient (Wildman–Crippen LogP) is 14.8. The maximum atomic E-state index is 10.7. The molecule has 4 aromatic heterocycles. The third-order valence-corrected chi connectivity index (χ3v) is 12.2. The lowest BCUT2D eigenvalue weighted by Gasteiger charge is -2.10. The second kappa shape index (κ2) is 31.5. The lowest BCUT2D eigenvalue weighted by molar-refractivity contribution is -0.385. The molecular formula is C53H43Br4IN8O8. The van der Waals surface area contributed by atoms with E-state index in [2.05, 4.69) is 124 Å². The molecule has 21 heteroatoms. The number of nitrogens with one attached hydrogen (secondary N) is 2. The molecule has 9 aromatic rings. The van der Waals surface area contributed by atoms with E-state index in [1.54, 1.807) is 18.5 Å². The van der Waals surface area contributed by atoms with Crippen LogP contribution in [0, 0.1) is 23.8 Å². The summed E-state index contributed by atoms with van der Waals surface area (Å²) in [6, 6.07) is 56.0. The molecule has 0 spiro atoms. The highest BCUT2D eigenvalue weighted by molar-refractivity contribution is 14.1. The van der Waals surface area contributed by atoms with Crippen LogP contribution in [-0.2, 0) is 19.8 Å². The first kappa shape index (κ1) is 57.8. The van der Waals surface area contributed by atoms with Crippen molar-refractivity contribution in [2.24, 2.45) is 0 Å². The Morgan fingerprint density at radius 1 is 0.514 bits per heavy atom. The Labute approximate surface area is 472 Å². The zero-order valence-corrected chi connectivity index (χ0v) is 47.1. The van der Waals surface area contributed by atoms with E-state index < -0.39 is 9.85 Å². The SMILES string of the molecule is Brc1cc(Nc2ccccc2)cnc1OCc1ccccc1.Ic1ccccc1.Nc1cnc(OCc2ccccc2)c(Br)c1.O=[N+]([O-])c1cnc(OCc2ccccc2)c(Br)c1.O=c1[nH]cc([N+](=O)[O-])cc1Br. The van der Waals surface area contributed by atoms with Gasteiger partial charge in [-0.15, -0.1) is 0 Å². The summed E-state index contributed by atoms with van der Waals surface area (Å²) in [4.78, 5) is 44.8. The fourth-order valence-corrected chi connectivity index (χ4v) is 7.76. The number of para-hydroxylation sites is 1. The number of nitrogen functional groups attached to an aromatic ring is 1. The van der Waals surface area contributed by atoms with E-state index in [1.165, 1.54) is 15.8 Å². The van der Waals surface area contributed by atoms with Gasteiger partial charge in [0.15, 0.2) is 0 Å². The number of hydrogen-bond donors (Lipinski definition) is 3. The number of H-pyrrole nitrogens is 1. The van der Waals surface area contributed by atoms with Gasteiger partial charge in [-0.1, -0.05) is 127 Å². The van der Waals surface area contributed by atoms with Crippen LogP contribution in [0.1, 0.15) is 16.7 Å². The molecule has 0 saturated heterocycles. The standard InChI is InChI=1S/C18H15BrN2O.C12H9BrN2O3.C12H11BrN2O.C6H5I.C5H3BrN2O3/c19-17-11-16(21-15-9-5-2-6-10-15)12-20-18(17)22-13-14-7-3-1-4-8-14;13-11-6-10(15(16)17)7-14-12(11)18-8-9-4-2-1-3-5-9;13-11-6-10(14)7-15-12(11)16-8-9-4-2-1-3-5-9;7-6-4-2-1-3-5-6;6-4-1-3(8(10)11)2-7-5(4)9/h1-12,21H,13H2;1-7H,8H2;1-7H,8,14H2;1-5H;1-2H,(H,7,9). The fraction of sp³-hybridized carbons (Fsp3) is 0.0566. The minimum Gasteiger partial charge on any atom is -0.472 e. The van der Waals surface area contributed by atoms with Crippen LogP contribution < -0.4 is 30.8 Å². The number of rotatable bonds is 13. The number of nitrogens with zero attached hydrogens (tertiary/aromatic N) is 5. The Balaban J connectivity index is 0.000000178. The number of nitrogens with two attached hydrogens (primary N) is 1. The molecule has 4 N–H and O–H groups in total. The highest BCUT2D eigenvalue weighted by Crippen LogP contribution is 2.29. The van der Waals surface area contributed by atoms with E-state index in [0.717, 1.165) is 49.3 Å². The maximum Gasteiger partial charge on any atom is 0.288 e. The molecule has 0 bridgehead atoms. The van der Waals surface area contributed by atoms with Gasteiger partial charge < -0.3 is 30.2 Å². The normalized spacial score (nSPS) is 9.91. The molecule has 0 aliphatic rings. The van der Waals surface area contributed by atoms with E-state index in [0.29, 0.717) is 47.6 Å². The van der Waals surface area contributed by atoms with Crippen molar-refractivity contribution >= 4 is 115 Å². The molecule has 378 valence electrons. The highest BCUT2D eigenvalue weighted by Gasteiger charge is 2.12. The van der Waals surface area contributed by atoms with Crippen LogP contribution in [0.2, 0.25) is 0 Å². The molecule has 9 rings (SSSR count). The smallest absolute Gasteiger partial charge is 0.288 e. The Bertz CT molecular complexity index is 3220. The molecule has 0 aliphatic carbocycles. The van der Waals surface area contributed by atoms with Gasteiger partial charge in [0.1, 0.15) is 26.0 Å². The molecule has 5 aromatic carbocycles. The molecule has 0 unspecified atom stereocenters. The summed E-state index contributed by atoms with van der Waals surface area (Å²) in [6.45, 7) is 1.36. The zero-order chi connectivity index (χ0) is 53.1. The second-order valence-corrected chi connectivity index (χ2v) is 19.4. The number of aromatic amines is 1. The van der Waals surface area contributed by atoms with E-state index >= 15 is 0 Å². The van der Waals surface area contributed by atoms with Crippen molar-refractivity contribution in [1.29, 1.82) is 0 Å². The fourth-order valence-electron chi connectivity index (χ4n) is 5.60. The van der Waals surface area contributed by atoms with Gasteiger partial charge in [-0.3, -0.25) is 25.0 Å². The molecule has 16 nitrogen and oxygen atoms in total. The van der Waals surface area contributed by atoms with Gasteiger partial charge in [0.2, 0.25) is 17.6 Å². The first-order chi connectivity index (χ1) is 35.7. The van der Waals surface area contributed by atoms with Gasteiger partial charge >= 0.3 is 0 Å². The van der Waals surface area contributed by atoms with E-state index in [4.69, 9.17) is 19.9 Å². The van der Waals surface area contributed by atoms with Crippen molar-refractivity contribution in [2.75, 3.05) is 11.1 Å². The quantitative estimate of drug-likeness (QED) is 0.0556. The summed E-state index contributed by atoms with van der Waals surface area (Å²) in [5.74, 6) is 1.48. The summed E-state index contributed by atoms with van der Waals surface area (Å²) in [6.07, 6.45) is 5.56. The summed E-state index contributed by atoms with van der Waals surface area (Å²) >= 11 is 15.2. The lowest BCUT2D eigenvalue weighted by Crippen LogP contribution is -2.05. The molecular weight excluding hydrogens is 1320 g/mol. The number of pyridine rings is 4. The van der Waals surface area contributed by atoms with E-state index in [9.17, 15) is 25.0 Å². The van der Waals surface area contributed by atoms with Crippen LogP contribution in [0.5, 0.6) is 17.6 Å². The predicted molar refractivity (Wildman–Crippen MR) is 310 cm³/mol. The van der Waals surface area contributed by atoms with Gasteiger partial charge in [-0.2, -0.15) is 0 Å². The second-order valence-electron chi connectivity index (χ2n) is 14.7. The van der Waals surface area contributed by atoms with Crippen molar-refractivity contribution < 1.29 is 24.1 Å². The van der Waals surface area contributed by atoms with Gasteiger partial charge in [0.05, 0.1) is 57.7 Å². The molecule has 0 saturated carbocycles. The van der Waals surface area contributed by atoms with Gasteiger partial charge in [-0.25, -0.2) is 15.0 Å². The number of nitro groups is 2. The molecule has 0 fully saturated rings. The molecule has 0 aliphatic heterocycles. The van der Waals surface area contributed by atoms with Crippen LogP contribution in [0.15, 0.2) is 223 Å². The molecule has 0 amide bonds. The average Bonchev–Trinajstić information content (AvgIpc) is 3.41. The Morgan fingerprint density at radius 2 is 0.905 bits per heavy atom. The number of anilines is 3. The van der Waals surface area contributed by atoms with Crippen LogP contribution in [-0.4, -0.2) is 29.8 Å². The van der Waals surface area contributed by atoms with E-state index in [1.807, 2.05) is 146 Å². The lowest BCUT2D eigenvalue weighted by atomic mass is 10.2. The average molecular weight is 1370 g/mol. The topological polar surface area (TPSA) is 224 Å². The number of aromatic nitrogens is 4. The van der Waals surface area contributed by atoms with Crippen LogP contribution in [0.3, 0.4) is 0 Å². The molecule has 4 heterocycles. The highest BCUT2D eigenvalue weighted by atomic mass is 127.